The van der Waals surface area contributed by atoms with Crippen LogP contribution >= 0.6 is 0 Å². The number of carbonyl (C=O) groups excluding carboxylic acids is 2. The Morgan fingerprint density at radius 1 is 1.29 bits per heavy atom. The fraction of sp³-hybridized carbons (Fsp3) is 0.875. The minimum absolute atomic E-state index is 0.0855. The van der Waals surface area contributed by atoms with E-state index in [0.29, 0.717) is 31.2 Å². The maximum atomic E-state index is 11.9. The van der Waals surface area contributed by atoms with E-state index in [0.717, 1.165) is 39.0 Å². The Labute approximate surface area is 127 Å². The van der Waals surface area contributed by atoms with Crippen molar-refractivity contribution in [3.63, 3.8) is 0 Å². The second-order valence-corrected chi connectivity index (χ2v) is 6.48. The average molecular weight is 295 g/mol. The Hall–Kier alpha value is -1.10. The summed E-state index contributed by atoms with van der Waals surface area (Å²) in [5.74, 6) is 1.28. The Bertz CT molecular complexity index is 347. The summed E-state index contributed by atoms with van der Waals surface area (Å²) in [6, 6.07) is 0. The van der Waals surface area contributed by atoms with Crippen molar-refractivity contribution in [3.05, 3.63) is 0 Å². The third kappa shape index (κ3) is 5.30. The number of hydrogen-bond donors (Lipinski definition) is 2. The smallest absolute Gasteiger partial charge is 0.224 e. The van der Waals surface area contributed by atoms with E-state index in [1.165, 1.54) is 12.8 Å². The van der Waals surface area contributed by atoms with Crippen LogP contribution in [0.2, 0.25) is 0 Å². The second-order valence-electron chi connectivity index (χ2n) is 6.48. The van der Waals surface area contributed by atoms with Gasteiger partial charge in [-0.05, 0) is 50.6 Å². The summed E-state index contributed by atoms with van der Waals surface area (Å²) in [4.78, 5) is 25.7. The molecule has 0 aromatic carbocycles. The Morgan fingerprint density at radius 2 is 2.05 bits per heavy atom. The summed E-state index contributed by atoms with van der Waals surface area (Å²) in [5.41, 5.74) is 0. The zero-order valence-electron chi connectivity index (χ0n) is 13.2. The van der Waals surface area contributed by atoms with Crippen molar-refractivity contribution in [2.75, 3.05) is 32.7 Å². The molecule has 2 rings (SSSR count). The van der Waals surface area contributed by atoms with Gasteiger partial charge in [-0.1, -0.05) is 6.92 Å². The highest BCUT2D eigenvalue weighted by atomic mass is 16.2. The Kier molecular flexibility index (Phi) is 6.49. The van der Waals surface area contributed by atoms with Gasteiger partial charge in [0.15, 0.2) is 0 Å². The number of likely N-dealkylation sites (tertiary alicyclic amines) is 1. The molecule has 2 amide bonds. The van der Waals surface area contributed by atoms with Gasteiger partial charge < -0.3 is 15.5 Å². The summed E-state index contributed by atoms with van der Waals surface area (Å²) >= 11 is 0. The van der Waals surface area contributed by atoms with Gasteiger partial charge in [-0.2, -0.15) is 0 Å². The maximum Gasteiger partial charge on any atom is 0.224 e. The number of nitrogens with one attached hydrogen (secondary N) is 2. The first-order chi connectivity index (χ1) is 10.2. The van der Waals surface area contributed by atoms with Crippen molar-refractivity contribution in [2.24, 2.45) is 11.8 Å². The van der Waals surface area contributed by atoms with Crippen LogP contribution in [0, 0.1) is 11.8 Å². The lowest BCUT2D eigenvalue weighted by atomic mass is 9.85. The molecule has 2 atom stereocenters. The highest BCUT2D eigenvalue weighted by Crippen LogP contribution is 2.22. The van der Waals surface area contributed by atoms with Crippen molar-refractivity contribution < 1.29 is 9.59 Å². The van der Waals surface area contributed by atoms with Gasteiger partial charge in [0.2, 0.25) is 11.8 Å². The van der Waals surface area contributed by atoms with Crippen molar-refractivity contribution in [2.45, 2.75) is 45.4 Å². The zero-order valence-corrected chi connectivity index (χ0v) is 13.2. The first-order valence-corrected chi connectivity index (χ1v) is 8.42. The van der Waals surface area contributed by atoms with Crippen molar-refractivity contribution in [1.29, 1.82) is 0 Å². The molecule has 0 aromatic heterocycles. The fourth-order valence-electron chi connectivity index (χ4n) is 3.33. The van der Waals surface area contributed by atoms with Crippen LogP contribution in [0.15, 0.2) is 0 Å². The predicted octanol–water partition coefficient (Wildman–Crippen LogP) is 1.14. The zero-order chi connectivity index (χ0) is 15.1. The maximum absolute atomic E-state index is 11.9. The van der Waals surface area contributed by atoms with Gasteiger partial charge >= 0.3 is 0 Å². The van der Waals surface area contributed by atoms with Crippen LogP contribution < -0.4 is 10.6 Å². The number of hydrogen-bond acceptors (Lipinski definition) is 3. The summed E-state index contributed by atoms with van der Waals surface area (Å²) in [5, 5.41) is 6.30. The third-order valence-corrected chi connectivity index (χ3v) is 4.77. The molecule has 2 heterocycles. The standard InChI is InChI=1S/C16H29N3O2/c1-13(14-5-4-7-17-12-14)11-15(20)18-8-6-16(21)19-9-2-3-10-19/h13-14,17H,2-12H2,1H3,(H,18,20). The van der Waals surface area contributed by atoms with Gasteiger partial charge in [0.05, 0.1) is 0 Å². The molecule has 2 unspecified atom stereocenters. The van der Waals surface area contributed by atoms with Gasteiger partial charge in [0, 0.05) is 32.5 Å². The molecule has 2 aliphatic rings. The summed E-state index contributed by atoms with van der Waals surface area (Å²) in [6.07, 6.45) is 5.67. The van der Waals surface area contributed by atoms with Gasteiger partial charge in [-0.3, -0.25) is 9.59 Å². The highest BCUT2D eigenvalue weighted by molar-refractivity contribution is 5.79. The van der Waals surface area contributed by atoms with E-state index in [-0.39, 0.29) is 11.8 Å². The van der Waals surface area contributed by atoms with E-state index in [9.17, 15) is 9.59 Å². The first-order valence-electron chi connectivity index (χ1n) is 8.42. The molecule has 0 saturated carbocycles. The van der Waals surface area contributed by atoms with E-state index in [2.05, 4.69) is 17.6 Å². The quantitative estimate of drug-likeness (QED) is 0.772. The number of nitrogens with zero attached hydrogens (tertiary/aromatic N) is 1. The normalized spacial score (nSPS) is 23.9. The molecule has 0 aliphatic carbocycles. The monoisotopic (exact) mass is 295 g/mol. The van der Waals surface area contributed by atoms with E-state index >= 15 is 0 Å². The second kappa shape index (κ2) is 8.37. The van der Waals surface area contributed by atoms with Gasteiger partial charge in [-0.25, -0.2) is 0 Å². The van der Waals surface area contributed by atoms with Gasteiger partial charge in [-0.15, -0.1) is 0 Å². The molecule has 120 valence electrons. The van der Waals surface area contributed by atoms with Gasteiger partial charge in [0.25, 0.3) is 0 Å². The number of piperidine rings is 1. The molecular formula is C16H29N3O2. The van der Waals surface area contributed by atoms with E-state index in [4.69, 9.17) is 0 Å². The first kappa shape index (κ1) is 16.3. The molecular weight excluding hydrogens is 266 g/mol. The molecule has 2 saturated heterocycles. The lowest BCUT2D eigenvalue weighted by Gasteiger charge is -2.28. The molecule has 0 aromatic rings. The molecule has 21 heavy (non-hydrogen) atoms. The molecule has 5 heteroatoms. The van der Waals surface area contributed by atoms with Crippen molar-refractivity contribution in [1.82, 2.24) is 15.5 Å². The molecule has 0 spiro atoms. The number of carbonyl (C=O) groups is 2. The Balaban J connectivity index is 1.59. The Morgan fingerprint density at radius 3 is 2.71 bits per heavy atom. The number of rotatable bonds is 6. The van der Waals surface area contributed by atoms with Gasteiger partial charge in [0.1, 0.15) is 0 Å². The van der Waals surface area contributed by atoms with E-state index in [1.807, 2.05) is 4.90 Å². The molecule has 5 nitrogen and oxygen atoms in total. The predicted molar refractivity (Wildman–Crippen MR) is 82.8 cm³/mol. The van der Waals surface area contributed by atoms with Crippen LogP contribution in [0.4, 0.5) is 0 Å². The van der Waals surface area contributed by atoms with Crippen molar-refractivity contribution in [3.8, 4) is 0 Å². The molecule has 2 fully saturated rings. The SMILES string of the molecule is CC(CC(=O)NCCC(=O)N1CCCC1)C1CCCNC1. The minimum atomic E-state index is 0.0855. The van der Waals surface area contributed by atoms with Crippen LogP contribution in [0.5, 0.6) is 0 Å². The fourth-order valence-corrected chi connectivity index (χ4v) is 3.33. The highest BCUT2D eigenvalue weighted by Gasteiger charge is 2.22. The molecule has 2 aliphatic heterocycles. The van der Waals surface area contributed by atoms with Crippen LogP contribution in [0.25, 0.3) is 0 Å². The third-order valence-electron chi connectivity index (χ3n) is 4.77. The lowest BCUT2D eigenvalue weighted by Crippen LogP contribution is -2.36. The average Bonchev–Trinajstić information content (AvgIpc) is 3.02. The summed E-state index contributed by atoms with van der Waals surface area (Å²) < 4.78 is 0. The van der Waals surface area contributed by atoms with Crippen LogP contribution in [-0.4, -0.2) is 49.4 Å². The van der Waals surface area contributed by atoms with Crippen LogP contribution in [-0.2, 0) is 9.59 Å². The summed E-state index contributed by atoms with van der Waals surface area (Å²) in [6.45, 7) is 6.54. The minimum Gasteiger partial charge on any atom is -0.356 e. The number of amides is 2. The molecule has 0 bridgehead atoms. The lowest BCUT2D eigenvalue weighted by molar-refractivity contribution is -0.130. The van der Waals surface area contributed by atoms with Crippen LogP contribution in [0.3, 0.4) is 0 Å². The summed E-state index contributed by atoms with van der Waals surface area (Å²) in [7, 11) is 0. The topological polar surface area (TPSA) is 61.4 Å². The van der Waals surface area contributed by atoms with E-state index < -0.39 is 0 Å². The van der Waals surface area contributed by atoms with E-state index in [1.54, 1.807) is 0 Å². The van der Waals surface area contributed by atoms with Crippen molar-refractivity contribution >= 4 is 11.8 Å². The largest absolute Gasteiger partial charge is 0.356 e. The molecule has 2 N–H and O–H groups in total. The van der Waals surface area contributed by atoms with Crippen LogP contribution in [0.1, 0.15) is 45.4 Å². The molecule has 0 radical (unpaired) electrons.